The third kappa shape index (κ3) is 15.8. The number of aliphatic hydroxyl groups excluding tert-OH is 1. The minimum absolute atomic E-state index is 0. The van der Waals surface area contributed by atoms with Crippen LogP contribution >= 0.6 is 0 Å². The topological polar surface area (TPSA) is 40.5 Å². The van der Waals surface area contributed by atoms with E-state index in [4.69, 9.17) is 10.2 Å². The Morgan fingerprint density at radius 3 is 1.62 bits per heavy atom. The van der Waals surface area contributed by atoms with Crippen molar-refractivity contribution in [3.8, 4) is 0 Å². The molecule has 0 amide bonds. The molecule has 0 aromatic rings. The van der Waals surface area contributed by atoms with E-state index in [1.807, 2.05) is 6.92 Å². The first kappa shape index (κ1) is 16.8. The van der Waals surface area contributed by atoms with Gasteiger partial charge in [-0.2, -0.15) is 0 Å². The molecule has 0 unspecified atom stereocenters. The fourth-order valence-corrected chi connectivity index (χ4v) is 0.258. The van der Waals surface area contributed by atoms with Crippen molar-refractivity contribution in [1.82, 2.24) is 0 Å². The van der Waals surface area contributed by atoms with Gasteiger partial charge in [0.05, 0.1) is 0 Å². The van der Waals surface area contributed by atoms with Crippen LogP contribution in [-0.4, -0.2) is 92.0 Å². The third-order valence-corrected chi connectivity index (χ3v) is 0.547. The average Bonchev–Trinajstić information content (AvgIpc) is 1.35. The molecule has 0 radical (unpaired) electrons. The second-order valence-corrected chi connectivity index (χ2v) is 1.27. The van der Waals surface area contributed by atoms with Crippen molar-refractivity contribution in [3.63, 3.8) is 0 Å². The molecule has 0 aromatic carbocycles. The normalized spacial score (nSPS) is 7.50. The Bertz CT molecular complexity index is 33.2. The zero-order chi connectivity index (χ0) is 4.99. The van der Waals surface area contributed by atoms with Crippen molar-refractivity contribution >= 4 is 75.5 Å². The quantitative estimate of drug-likeness (QED) is 0.386. The molecule has 4 heteroatoms. The van der Waals surface area contributed by atoms with E-state index in [0.29, 0.717) is 6.42 Å². The molecule has 0 heterocycles. The first-order valence-electron chi connectivity index (χ1n) is 2.13. The Morgan fingerprint density at radius 1 is 1.25 bits per heavy atom. The van der Waals surface area contributed by atoms with Crippen LogP contribution in [0.15, 0.2) is 0 Å². The van der Waals surface area contributed by atoms with Gasteiger partial charge in [-0.15, -0.1) is 0 Å². The van der Waals surface area contributed by atoms with Gasteiger partial charge in [-0.25, -0.2) is 0 Å². The number of rotatable bonds is 2. The zero-order valence-corrected chi connectivity index (χ0v) is 3.89. The SMILES string of the molecule is CCCC(O)O.[CaH2].[CaH2]. The van der Waals surface area contributed by atoms with Crippen molar-refractivity contribution < 1.29 is 10.2 Å². The standard InChI is InChI=1S/C4H10O2.2Ca.4H/c1-2-3-4(5)6;;;;;;/h4-6H,2-3H2,1H3;;;;;;. The van der Waals surface area contributed by atoms with Gasteiger partial charge in [0.15, 0.2) is 6.29 Å². The molecule has 0 saturated heterocycles. The van der Waals surface area contributed by atoms with Crippen LogP contribution in [0.25, 0.3) is 0 Å². The van der Waals surface area contributed by atoms with Crippen molar-refractivity contribution in [3.05, 3.63) is 0 Å². The molecule has 0 aliphatic rings. The van der Waals surface area contributed by atoms with Gasteiger partial charge < -0.3 is 10.2 Å². The van der Waals surface area contributed by atoms with Crippen LogP contribution in [-0.2, 0) is 0 Å². The van der Waals surface area contributed by atoms with Crippen LogP contribution in [0.5, 0.6) is 0 Å². The third-order valence-electron chi connectivity index (χ3n) is 0.547. The van der Waals surface area contributed by atoms with Crippen LogP contribution < -0.4 is 0 Å². The molecule has 0 aromatic heterocycles. The van der Waals surface area contributed by atoms with E-state index < -0.39 is 6.29 Å². The summed E-state index contributed by atoms with van der Waals surface area (Å²) < 4.78 is 0. The molecule has 2 N–H and O–H groups in total. The van der Waals surface area contributed by atoms with E-state index in [2.05, 4.69) is 0 Å². The van der Waals surface area contributed by atoms with Gasteiger partial charge in [0.25, 0.3) is 0 Å². The van der Waals surface area contributed by atoms with E-state index in [1.54, 1.807) is 0 Å². The van der Waals surface area contributed by atoms with Gasteiger partial charge in [0, 0.05) is 0 Å². The van der Waals surface area contributed by atoms with E-state index in [9.17, 15) is 0 Å². The van der Waals surface area contributed by atoms with E-state index >= 15 is 0 Å². The second kappa shape index (κ2) is 12.1. The molecule has 0 aliphatic heterocycles. The first-order chi connectivity index (χ1) is 2.77. The molecule has 0 aliphatic carbocycles. The Labute approximate surface area is 110 Å². The summed E-state index contributed by atoms with van der Waals surface area (Å²) >= 11 is 0. The van der Waals surface area contributed by atoms with Gasteiger partial charge in [-0.05, 0) is 6.42 Å². The summed E-state index contributed by atoms with van der Waals surface area (Å²) in [6, 6.07) is 0. The molecule has 8 heavy (non-hydrogen) atoms. The van der Waals surface area contributed by atoms with Crippen molar-refractivity contribution in [2.45, 2.75) is 26.1 Å². The monoisotopic (exact) mass is 174 g/mol. The first-order valence-corrected chi connectivity index (χ1v) is 2.13. The summed E-state index contributed by atoms with van der Waals surface area (Å²) in [7, 11) is 0. The molecular weight excluding hydrogens is 160 g/mol. The van der Waals surface area contributed by atoms with Crippen molar-refractivity contribution in [2.24, 2.45) is 0 Å². The van der Waals surface area contributed by atoms with Crippen LogP contribution in [0.3, 0.4) is 0 Å². The Kier molecular flexibility index (Phi) is 25.5. The Morgan fingerprint density at radius 2 is 1.62 bits per heavy atom. The van der Waals surface area contributed by atoms with Gasteiger partial charge in [0.2, 0.25) is 0 Å². The summed E-state index contributed by atoms with van der Waals surface area (Å²) in [6.45, 7) is 1.90. The molecule has 2 nitrogen and oxygen atoms in total. The van der Waals surface area contributed by atoms with Gasteiger partial charge in [-0.1, -0.05) is 13.3 Å². The van der Waals surface area contributed by atoms with Crippen LogP contribution in [0.4, 0.5) is 0 Å². The predicted molar refractivity (Wildman–Crippen MR) is 40.2 cm³/mol. The molecule has 0 spiro atoms. The van der Waals surface area contributed by atoms with Crippen molar-refractivity contribution in [2.75, 3.05) is 0 Å². The van der Waals surface area contributed by atoms with Crippen LogP contribution in [0.2, 0.25) is 0 Å². The molecule has 0 fully saturated rings. The number of hydrogen-bond donors (Lipinski definition) is 2. The fourth-order valence-electron chi connectivity index (χ4n) is 0.258. The van der Waals surface area contributed by atoms with Gasteiger partial charge in [0.1, 0.15) is 0 Å². The van der Waals surface area contributed by atoms with Crippen molar-refractivity contribution in [1.29, 1.82) is 0 Å². The predicted octanol–water partition coefficient (Wildman–Crippen LogP) is -1.74. The Balaban J connectivity index is -0.000000125. The van der Waals surface area contributed by atoms with Gasteiger partial charge in [-0.3, -0.25) is 0 Å². The second-order valence-electron chi connectivity index (χ2n) is 1.27. The molecule has 0 atom stereocenters. The summed E-state index contributed by atoms with van der Waals surface area (Å²) in [5.74, 6) is 0. The van der Waals surface area contributed by atoms with E-state index in [1.165, 1.54) is 0 Å². The summed E-state index contributed by atoms with van der Waals surface area (Å²) in [5.41, 5.74) is 0. The van der Waals surface area contributed by atoms with E-state index in [0.717, 1.165) is 6.42 Å². The zero-order valence-electron chi connectivity index (χ0n) is 3.89. The summed E-state index contributed by atoms with van der Waals surface area (Å²) in [6.07, 6.45) is 0.215. The maximum absolute atomic E-state index is 8.11. The molecule has 0 rings (SSSR count). The van der Waals surface area contributed by atoms with Gasteiger partial charge >= 0.3 is 75.5 Å². The summed E-state index contributed by atoms with van der Waals surface area (Å²) in [5, 5.41) is 16.2. The molecule has 0 saturated carbocycles. The maximum atomic E-state index is 8.11. The molecule has 0 bridgehead atoms. The summed E-state index contributed by atoms with van der Waals surface area (Å²) in [4.78, 5) is 0. The fraction of sp³-hybridized carbons (Fsp3) is 1.00. The Hall–Kier alpha value is 2.44. The van der Waals surface area contributed by atoms with Crippen LogP contribution in [0, 0.1) is 0 Å². The molecular formula is C4H14Ca2O2. The molecule has 46 valence electrons. The average molecular weight is 174 g/mol. The minimum atomic E-state index is -1.10. The number of aliphatic hydroxyl groups is 2. The number of hydrogen-bond acceptors (Lipinski definition) is 2. The van der Waals surface area contributed by atoms with E-state index in [-0.39, 0.29) is 75.5 Å². The van der Waals surface area contributed by atoms with Crippen LogP contribution in [0.1, 0.15) is 19.8 Å².